The fourth-order valence-electron chi connectivity index (χ4n) is 2.65. The molecule has 0 radical (unpaired) electrons. The van der Waals surface area contributed by atoms with Gasteiger partial charge in [-0.25, -0.2) is 8.42 Å². The Bertz CT molecular complexity index is 565. The first-order valence-corrected chi connectivity index (χ1v) is 8.07. The molecule has 0 amide bonds. The Hall–Kier alpha value is -0.920. The molecule has 1 unspecified atom stereocenters. The topological polar surface area (TPSA) is 81.2 Å². The summed E-state index contributed by atoms with van der Waals surface area (Å²) in [6.45, 7) is 4.00. The average molecular weight is 286 g/mol. The van der Waals surface area contributed by atoms with E-state index in [1.54, 1.807) is 25.6 Å². The highest BCUT2D eigenvalue weighted by molar-refractivity contribution is 7.89. The Labute approximate surface area is 114 Å². The zero-order valence-corrected chi connectivity index (χ0v) is 12.6. The van der Waals surface area contributed by atoms with Gasteiger partial charge in [0.1, 0.15) is 4.90 Å². The van der Waals surface area contributed by atoms with E-state index >= 15 is 0 Å². The summed E-state index contributed by atoms with van der Waals surface area (Å²) in [5, 5.41) is 4.19. The highest BCUT2D eigenvalue weighted by Crippen LogP contribution is 2.26. The van der Waals surface area contributed by atoms with Crippen LogP contribution in [0.15, 0.2) is 4.90 Å². The molecule has 0 aromatic carbocycles. The lowest BCUT2D eigenvalue weighted by Crippen LogP contribution is -2.45. The molecule has 1 fully saturated rings. The van der Waals surface area contributed by atoms with E-state index in [0.717, 1.165) is 25.7 Å². The van der Waals surface area contributed by atoms with Crippen LogP contribution >= 0.6 is 0 Å². The molecule has 0 bridgehead atoms. The molecule has 1 atom stereocenters. The molecular weight excluding hydrogens is 264 g/mol. The van der Waals surface area contributed by atoms with Gasteiger partial charge >= 0.3 is 0 Å². The van der Waals surface area contributed by atoms with Crippen LogP contribution in [0.1, 0.15) is 37.1 Å². The lowest BCUT2D eigenvalue weighted by Gasteiger charge is -2.26. The second kappa shape index (κ2) is 5.22. The normalized spacial score (nSPS) is 22.4. The largest absolute Gasteiger partial charge is 0.315 e. The molecule has 1 aromatic heterocycles. The molecule has 108 valence electrons. The molecule has 7 heteroatoms. The second-order valence-corrected chi connectivity index (χ2v) is 6.98. The Morgan fingerprint density at radius 3 is 2.53 bits per heavy atom. The van der Waals surface area contributed by atoms with Crippen LogP contribution in [-0.2, 0) is 17.1 Å². The Morgan fingerprint density at radius 1 is 1.26 bits per heavy atom. The summed E-state index contributed by atoms with van der Waals surface area (Å²) < 4.78 is 28.6. The molecule has 19 heavy (non-hydrogen) atoms. The van der Waals surface area contributed by atoms with Gasteiger partial charge in [0.25, 0.3) is 0 Å². The summed E-state index contributed by atoms with van der Waals surface area (Å²) >= 11 is 0. The molecule has 2 rings (SSSR count). The van der Waals surface area contributed by atoms with E-state index in [-0.39, 0.29) is 0 Å². The van der Waals surface area contributed by atoms with Crippen LogP contribution < -0.4 is 5.73 Å². The molecule has 1 saturated heterocycles. The third kappa shape index (κ3) is 2.54. The van der Waals surface area contributed by atoms with Gasteiger partial charge in [0.05, 0.1) is 17.6 Å². The molecule has 2 heterocycles. The maximum Gasteiger partial charge on any atom is 0.248 e. The minimum absolute atomic E-state index is 0.312. The summed E-state index contributed by atoms with van der Waals surface area (Å²) in [6, 6.07) is 0. The van der Waals surface area contributed by atoms with Crippen molar-refractivity contribution >= 4 is 10.0 Å². The van der Waals surface area contributed by atoms with Gasteiger partial charge in [-0.15, -0.1) is 0 Å². The SMILES string of the molecule is Cc1nn(C)c(C)c1S(=O)(=O)N1CCCCCC1N. The van der Waals surface area contributed by atoms with E-state index in [1.165, 1.54) is 4.31 Å². The molecular formula is C12H22N4O2S. The first-order chi connectivity index (χ1) is 8.85. The number of nitrogens with two attached hydrogens (primary N) is 1. The van der Waals surface area contributed by atoms with Gasteiger partial charge in [0, 0.05) is 13.6 Å². The Kier molecular flexibility index (Phi) is 3.98. The zero-order chi connectivity index (χ0) is 14.2. The van der Waals surface area contributed by atoms with Crippen LogP contribution in [0, 0.1) is 13.8 Å². The highest BCUT2D eigenvalue weighted by Gasteiger charge is 2.34. The highest BCUT2D eigenvalue weighted by atomic mass is 32.2. The molecule has 0 aliphatic carbocycles. The van der Waals surface area contributed by atoms with E-state index in [2.05, 4.69) is 5.10 Å². The molecule has 2 N–H and O–H groups in total. The number of aromatic nitrogens is 2. The number of rotatable bonds is 2. The number of aryl methyl sites for hydroxylation is 2. The lowest BCUT2D eigenvalue weighted by atomic mass is 10.2. The third-order valence-electron chi connectivity index (χ3n) is 3.76. The fraction of sp³-hybridized carbons (Fsp3) is 0.750. The van der Waals surface area contributed by atoms with Crippen molar-refractivity contribution in [2.24, 2.45) is 12.8 Å². The fourth-order valence-corrected chi connectivity index (χ4v) is 4.64. The van der Waals surface area contributed by atoms with Crippen LogP contribution in [0.4, 0.5) is 0 Å². The summed E-state index contributed by atoms with van der Waals surface area (Å²) in [6.07, 6.45) is 3.18. The van der Waals surface area contributed by atoms with Crippen molar-refractivity contribution in [2.75, 3.05) is 6.54 Å². The summed E-state index contributed by atoms with van der Waals surface area (Å²) in [5.74, 6) is 0. The van der Waals surface area contributed by atoms with Gasteiger partial charge in [-0.1, -0.05) is 12.8 Å². The molecule has 1 aliphatic rings. The predicted molar refractivity (Wildman–Crippen MR) is 73.0 cm³/mol. The van der Waals surface area contributed by atoms with E-state index in [9.17, 15) is 8.42 Å². The van der Waals surface area contributed by atoms with Crippen molar-refractivity contribution < 1.29 is 8.42 Å². The number of sulfonamides is 1. The maximum atomic E-state index is 12.8. The minimum Gasteiger partial charge on any atom is -0.315 e. The van der Waals surface area contributed by atoms with Crippen molar-refractivity contribution in [1.29, 1.82) is 0 Å². The number of nitrogens with zero attached hydrogens (tertiary/aromatic N) is 3. The van der Waals surface area contributed by atoms with Crippen molar-refractivity contribution in [1.82, 2.24) is 14.1 Å². The van der Waals surface area contributed by atoms with Crippen LogP contribution in [0.2, 0.25) is 0 Å². The van der Waals surface area contributed by atoms with E-state index < -0.39 is 16.2 Å². The minimum atomic E-state index is -3.55. The van der Waals surface area contributed by atoms with Crippen molar-refractivity contribution in [3.63, 3.8) is 0 Å². The smallest absolute Gasteiger partial charge is 0.248 e. The lowest BCUT2D eigenvalue weighted by molar-refractivity contribution is 0.329. The van der Waals surface area contributed by atoms with Crippen LogP contribution in [0.5, 0.6) is 0 Å². The van der Waals surface area contributed by atoms with Gasteiger partial charge in [0.2, 0.25) is 10.0 Å². The summed E-state index contributed by atoms with van der Waals surface area (Å²) in [5.41, 5.74) is 7.23. The number of hydrogen-bond acceptors (Lipinski definition) is 4. The summed E-state index contributed by atoms with van der Waals surface area (Å²) in [4.78, 5) is 0.312. The maximum absolute atomic E-state index is 12.8. The van der Waals surface area contributed by atoms with Crippen molar-refractivity contribution in [3.8, 4) is 0 Å². The van der Waals surface area contributed by atoms with E-state index in [0.29, 0.717) is 22.8 Å². The Morgan fingerprint density at radius 2 is 1.95 bits per heavy atom. The third-order valence-corrected chi connectivity index (χ3v) is 5.94. The molecule has 0 saturated carbocycles. The number of hydrogen-bond donors (Lipinski definition) is 1. The average Bonchev–Trinajstić information content (AvgIpc) is 2.51. The van der Waals surface area contributed by atoms with Gasteiger partial charge in [-0.05, 0) is 26.7 Å². The molecule has 1 aromatic rings. The second-order valence-electron chi connectivity index (χ2n) is 5.16. The molecule has 1 aliphatic heterocycles. The van der Waals surface area contributed by atoms with E-state index in [1.807, 2.05) is 0 Å². The zero-order valence-electron chi connectivity index (χ0n) is 11.8. The summed E-state index contributed by atoms with van der Waals surface area (Å²) in [7, 11) is -1.80. The molecule has 6 nitrogen and oxygen atoms in total. The van der Waals surface area contributed by atoms with E-state index in [4.69, 9.17) is 5.73 Å². The Balaban J connectivity index is 2.46. The first kappa shape index (κ1) is 14.5. The van der Waals surface area contributed by atoms with Crippen LogP contribution in [-0.4, -0.2) is 35.2 Å². The van der Waals surface area contributed by atoms with Gasteiger partial charge in [-0.3, -0.25) is 4.68 Å². The van der Waals surface area contributed by atoms with Crippen molar-refractivity contribution in [2.45, 2.75) is 50.6 Å². The van der Waals surface area contributed by atoms with Gasteiger partial charge in [-0.2, -0.15) is 9.40 Å². The molecule has 0 spiro atoms. The first-order valence-electron chi connectivity index (χ1n) is 6.63. The van der Waals surface area contributed by atoms with Crippen molar-refractivity contribution in [3.05, 3.63) is 11.4 Å². The quantitative estimate of drug-likeness (QED) is 0.875. The van der Waals surface area contributed by atoms with Crippen LogP contribution in [0.25, 0.3) is 0 Å². The van der Waals surface area contributed by atoms with Gasteiger partial charge < -0.3 is 5.73 Å². The van der Waals surface area contributed by atoms with Crippen LogP contribution in [0.3, 0.4) is 0 Å². The predicted octanol–water partition coefficient (Wildman–Crippen LogP) is 0.886. The standard InChI is InChI=1S/C12H22N4O2S/c1-9-12(10(2)15(3)14-9)19(17,18)16-8-6-4-5-7-11(16)13/h11H,4-8,13H2,1-3H3. The monoisotopic (exact) mass is 286 g/mol. The van der Waals surface area contributed by atoms with Gasteiger partial charge in [0.15, 0.2) is 0 Å².